The van der Waals surface area contributed by atoms with E-state index in [1.165, 1.54) is 12.1 Å². The standard InChI is InChI=1S/C17H11ClF3N3O2S/c18-11-8-10(6-7-12(11)26-17(19,20)21)23-16-24-15(22)14(27-16)13(25)9-4-2-1-3-5-9/h1-8H,22H2,(H,23,24). The molecule has 10 heteroatoms. The van der Waals surface area contributed by atoms with Gasteiger partial charge in [0.15, 0.2) is 5.13 Å². The van der Waals surface area contributed by atoms with Crippen LogP contribution >= 0.6 is 22.9 Å². The average Bonchev–Trinajstić information content (AvgIpc) is 2.96. The Morgan fingerprint density at radius 3 is 2.52 bits per heavy atom. The topological polar surface area (TPSA) is 77.2 Å². The maximum Gasteiger partial charge on any atom is 0.573 e. The van der Waals surface area contributed by atoms with Crippen molar-refractivity contribution in [2.75, 3.05) is 11.1 Å². The maximum absolute atomic E-state index is 12.5. The number of nitrogens with zero attached hydrogens (tertiary/aromatic N) is 1. The van der Waals surface area contributed by atoms with Crippen LogP contribution in [-0.4, -0.2) is 17.1 Å². The van der Waals surface area contributed by atoms with Crippen LogP contribution in [-0.2, 0) is 0 Å². The number of anilines is 3. The van der Waals surface area contributed by atoms with Crippen LogP contribution in [0.2, 0.25) is 5.02 Å². The highest BCUT2D eigenvalue weighted by Gasteiger charge is 2.32. The molecule has 3 N–H and O–H groups in total. The van der Waals surface area contributed by atoms with Gasteiger partial charge in [0.25, 0.3) is 0 Å². The molecule has 0 aliphatic heterocycles. The monoisotopic (exact) mass is 413 g/mol. The second-order valence-corrected chi connectivity index (χ2v) is 6.65. The molecule has 0 bridgehead atoms. The highest BCUT2D eigenvalue weighted by molar-refractivity contribution is 7.18. The van der Waals surface area contributed by atoms with Crippen LogP contribution in [0.15, 0.2) is 48.5 Å². The number of benzene rings is 2. The third-order valence-electron chi connectivity index (χ3n) is 3.30. The number of nitrogens with two attached hydrogens (primary N) is 1. The van der Waals surface area contributed by atoms with Crippen molar-refractivity contribution >= 4 is 45.4 Å². The van der Waals surface area contributed by atoms with Gasteiger partial charge in [0.2, 0.25) is 5.78 Å². The number of rotatable bonds is 5. The molecule has 1 heterocycles. The average molecular weight is 414 g/mol. The van der Waals surface area contributed by atoms with Crippen LogP contribution in [0.4, 0.5) is 29.8 Å². The Hall–Kier alpha value is -2.78. The van der Waals surface area contributed by atoms with E-state index in [-0.39, 0.29) is 21.5 Å². The predicted octanol–water partition coefficient (Wildman–Crippen LogP) is 5.25. The number of aromatic nitrogens is 1. The molecule has 5 nitrogen and oxygen atoms in total. The van der Waals surface area contributed by atoms with Gasteiger partial charge in [0.05, 0.1) is 5.02 Å². The molecule has 0 aliphatic rings. The fourth-order valence-electron chi connectivity index (χ4n) is 2.18. The summed E-state index contributed by atoms with van der Waals surface area (Å²) in [7, 11) is 0. The first-order valence-electron chi connectivity index (χ1n) is 7.41. The summed E-state index contributed by atoms with van der Waals surface area (Å²) in [5.41, 5.74) is 6.66. The quantitative estimate of drug-likeness (QED) is 0.558. The summed E-state index contributed by atoms with van der Waals surface area (Å²) < 4.78 is 40.6. The molecule has 0 fully saturated rings. The van der Waals surface area contributed by atoms with E-state index < -0.39 is 12.1 Å². The fourth-order valence-corrected chi connectivity index (χ4v) is 3.26. The first-order valence-corrected chi connectivity index (χ1v) is 8.61. The number of alkyl halides is 3. The second kappa shape index (κ2) is 7.45. The number of ketones is 1. The number of carbonyl (C=O) groups is 1. The van der Waals surface area contributed by atoms with Gasteiger partial charge in [-0.2, -0.15) is 0 Å². The summed E-state index contributed by atoms with van der Waals surface area (Å²) in [4.78, 5) is 16.8. The third kappa shape index (κ3) is 4.69. The number of nitrogens with one attached hydrogen (secondary N) is 1. The first kappa shape index (κ1) is 19.0. The minimum absolute atomic E-state index is 0.0551. The molecule has 0 spiro atoms. The van der Waals surface area contributed by atoms with Crippen molar-refractivity contribution in [1.82, 2.24) is 4.98 Å². The first-order chi connectivity index (χ1) is 12.7. The van der Waals surface area contributed by atoms with E-state index in [9.17, 15) is 18.0 Å². The lowest BCUT2D eigenvalue weighted by Gasteiger charge is -2.11. The second-order valence-electron chi connectivity index (χ2n) is 5.25. The van der Waals surface area contributed by atoms with Crippen molar-refractivity contribution in [3.8, 4) is 5.75 Å². The van der Waals surface area contributed by atoms with Crippen molar-refractivity contribution in [1.29, 1.82) is 0 Å². The molecule has 0 saturated carbocycles. The number of nitrogen functional groups attached to an aromatic ring is 1. The zero-order valence-electron chi connectivity index (χ0n) is 13.4. The fraction of sp³-hybridized carbons (Fsp3) is 0.0588. The van der Waals surface area contributed by atoms with Gasteiger partial charge >= 0.3 is 6.36 Å². The van der Waals surface area contributed by atoms with Crippen molar-refractivity contribution < 1.29 is 22.7 Å². The molecule has 2 aromatic carbocycles. The van der Waals surface area contributed by atoms with Gasteiger partial charge in [0.1, 0.15) is 16.4 Å². The van der Waals surface area contributed by atoms with E-state index in [1.807, 2.05) is 0 Å². The molecular formula is C17H11ClF3N3O2S. The lowest BCUT2D eigenvalue weighted by molar-refractivity contribution is -0.274. The molecular weight excluding hydrogens is 403 g/mol. The van der Waals surface area contributed by atoms with Gasteiger partial charge in [-0.25, -0.2) is 4.98 Å². The Kier molecular flexibility index (Phi) is 5.24. The maximum atomic E-state index is 12.5. The third-order valence-corrected chi connectivity index (χ3v) is 4.59. The lowest BCUT2D eigenvalue weighted by Crippen LogP contribution is -2.17. The summed E-state index contributed by atoms with van der Waals surface area (Å²) in [5, 5.41) is 2.92. The zero-order valence-corrected chi connectivity index (χ0v) is 15.0. The van der Waals surface area contributed by atoms with Crippen LogP contribution in [0.1, 0.15) is 15.2 Å². The van der Waals surface area contributed by atoms with Crippen LogP contribution in [0.3, 0.4) is 0 Å². The largest absolute Gasteiger partial charge is 0.573 e. The minimum atomic E-state index is -4.84. The predicted molar refractivity (Wildman–Crippen MR) is 97.8 cm³/mol. The van der Waals surface area contributed by atoms with Crippen molar-refractivity contribution in [2.45, 2.75) is 6.36 Å². The molecule has 140 valence electrons. The Morgan fingerprint density at radius 2 is 1.89 bits per heavy atom. The van der Waals surface area contributed by atoms with Crippen LogP contribution in [0.5, 0.6) is 5.75 Å². The van der Waals surface area contributed by atoms with Crippen LogP contribution in [0.25, 0.3) is 0 Å². The van der Waals surface area contributed by atoms with Gasteiger partial charge in [-0.05, 0) is 18.2 Å². The normalized spacial score (nSPS) is 11.3. The lowest BCUT2D eigenvalue weighted by atomic mass is 10.1. The molecule has 0 aliphatic carbocycles. The van der Waals surface area contributed by atoms with E-state index in [1.54, 1.807) is 30.3 Å². The number of ether oxygens (including phenoxy) is 1. The van der Waals surface area contributed by atoms with Gasteiger partial charge < -0.3 is 15.8 Å². The van der Waals surface area contributed by atoms with Crippen molar-refractivity contribution in [3.05, 3.63) is 64.0 Å². The SMILES string of the molecule is Nc1nc(Nc2ccc(OC(F)(F)F)c(Cl)c2)sc1C(=O)c1ccccc1. The van der Waals surface area contributed by atoms with Crippen molar-refractivity contribution in [3.63, 3.8) is 0 Å². The number of hydrogen-bond acceptors (Lipinski definition) is 6. The van der Waals surface area contributed by atoms with Crippen molar-refractivity contribution in [2.24, 2.45) is 0 Å². The summed E-state index contributed by atoms with van der Waals surface area (Å²) in [6.07, 6.45) is -4.84. The molecule has 0 unspecified atom stereocenters. The van der Waals surface area contributed by atoms with E-state index in [2.05, 4.69) is 15.0 Å². The van der Waals surface area contributed by atoms with Crippen LogP contribution < -0.4 is 15.8 Å². The van der Waals surface area contributed by atoms with E-state index in [0.29, 0.717) is 16.4 Å². The summed E-state index contributed by atoms with van der Waals surface area (Å²) in [6, 6.07) is 12.2. The molecule has 3 aromatic rings. The summed E-state index contributed by atoms with van der Waals surface area (Å²) in [6.45, 7) is 0. The Bertz CT molecular complexity index is 977. The highest BCUT2D eigenvalue weighted by atomic mass is 35.5. The number of hydrogen-bond donors (Lipinski definition) is 2. The molecule has 3 rings (SSSR count). The molecule has 1 aromatic heterocycles. The smallest absolute Gasteiger partial charge is 0.404 e. The van der Waals surface area contributed by atoms with Gasteiger partial charge in [0, 0.05) is 11.3 Å². The molecule has 0 radical (unpaired) electrons. The highest BCUT2D eigenvalue weighted by Crippen LogP contribution is 2.34. The van der Waals surface area contributed by atoms with E-state index in [0.717, 1.165) is 17.4 Å². The minimum Gasteiger partial charge on any atom is -0.404 e. The van der Waals surface area contributed by atoms with Crippen LogP contribution in [0, 0.1) is 0 Å². The van der Waals surface area contributed by atoms with E-state index in [4.69, 9.17) is 17.3 Å². The molecule has 0 saturated heterocycles. The Balaban J connectivity index is 1.79. The zero-order chi connectivity index (χ0) is 19.6. The Labute approximate surface area is 160 Å². The summed E-state index contributed by atoms with van der Waals surface area (Å²) >= 11 is 6.83. The van der Waals surface area contributed by atoms with Gasteiger partial charge in [-0.3, -0.25) is 4.79 Å². The van der Waals surface area contributed by atoms with Gasteiger partial charge in [-0.15, -0.1) is 13.2 Å². The molecule has 27 heavy (non-hydrogen) atoms. The molecule has 0 amide bonds. The Morgan fingerprint density at radius 1 is 1.19 bits per heavy atom. The number of thiazole rings is 1. The van der Waals surface area contributed by atoms with Gasteiger partial charge in [-0.1, -0.05) is 53.3 Å². The summed E-state index contributed by atoms with van der Waals surface area (Å²) in [5.74, 6) is -0.738. The number of halogens is 4. The number of carbonyl (C=O) groups excluding carboxylic acids is 1. The van der Waals surface area contributed by atoms with E-state index >= 15 is 0 Å². The molecule has 0 atom stereocenters.